The standard InChI is InChI=1S/C29H28N2O5/c30-29(16-17-32,28(34)35)26-22-12-4-5-14-24(22)31(25-15-7-13-23(25)26)27(33)19-8-6-11-21(18-19)36-20-9-2-1-3-10-20/h1-6,8-12,14,17-18,23,25-26H,7,13,15-16,30H2,(H,34,35). The molecule has 2 aliphatic rings. The lowest BCUT2D eigenvalue weighted by Gasteiger charge is -2.48. The molecule has 0 radical (unpaired) electrons. The van der Waals surface area contributed by atoms with Crippen LogP contribution in [0.1, 0.15) is 47.5 Å². The summed E-state index contributed by atoms with van der Waals surface area (Å²) in [5.41, 5.74) is 6.54. The van der Waals surface area contributed by atoms with E-state index in [9.17, 15) is 19.5 Å². The summed E-state index contributed by atoms with van der Waals surface area (Å²) >= 11 is 0. The lowest BCUT2D eigenvalue weighted by molar-refractivity contribution is -0.146. The summed E-state index contributed by atoms with van der Waals surface area (Å²) in [4.78, 5) is 39.6. The van der Waals surface area contributed by atoms with Crippen molar-refractivity contribution in [3.05, 3.63) is 90.0 Å². The maximum atomic E-state index is 14.0. The van der Waals surface area contributed by atoms with E-state index in [1.807, 2.05) is 54.6 Å². The van der Waals surface area contributed by atoms with Crippen molar-refractivity contribution < 1.29 is 24.2 Å². The summed E-state index contributed by atoms with van der Waals surface area (Å²) in [6.07, 6.45) is 2.60. The number of nitrogens with two attached hydrogens (primary N) is 1. The normalized spacial score (nSPS) is 22.1. The quantitative estimate of drug-likeness (QED) is 0.468. The first-order chi connectivity index (χ1) is 17.4. The van der Waals surface area contributed by atoms with Gasteiger partial charge in [-0.3, -0.25) is 9.59 Å². The van der Waals surface area contributed by atoms with E-state index in [1.165, 1.54) is 0 Å². The molecule has 1 amide bonds. The van der Waals surface area contributed by atoms with Gasteiger partial charge < -0.3 is 25.3 Å². The van der Waals surface area contributed by atoms with Crippen molar-refractivity contribution in [3.63, 3.8) is 0 Å². The first-order valence-electron chi connectivity index (χ1n) is 12.2. The van der Waals surface area contributed by atoms with Crippen LogP contribution in [0.5, 0.6) is 11.5 Å². The number of aliphatic carboxylic acids is 1. The molecular formula is C29H28N2O5. The summed E-state index contributed by atoms with van der Waals surface area (Å²) in [7, 11) is 0. The molecule has 4 unspecified atom stereocenters. The Bertz CT molecular complexity index is 1290. The summed E-state index contributed by atoms with van der Waals surface area (Å²) in [5, 5.41) is 10.1. The largest absolute Gasteiger partial charge is 0.480 e. The van der Waals surface area contributed by atoms with Gasteiger partial charge in [-0.1, -0.05) is 48.9 Å². The number of carboxylic acids is 1. The highest BCUT2D eigenvalue weighted by Crippen LogP contribution is 2.53. The Kier molecular flexibility index (Phi) is 6.33. The van der Waals surface area contributed by atoms with E-state index in [2.05, 4.69) is 0 Å². The molecule has 0 aromatic heterocycles. The number of para-hydroxylation sites is 2. The maximum Gasteiger partial charge on any atom is 0.324 e. The molecule has 3 aromatic rings. The van der Waals surface area contributed by atoms with Crippen LogP contribution in [0.4, 0.5) is 5.69 Å². The van der Waals surface area contributed by atoms with Crippen molar-refractivity contribution in [2.45, 2.75) is 43.2 Å². The van der Waals surface area contributed by atoms with Gasteiger partial charge in [0.1, 0.15) is 23.3 Å². The molecule has 4 atom stereocenters. The van der Waals surface area contributed by atoms with E-state index in [-0.39, 0.29) is 24.3 Å². The van der Waals surface area contributed by atoms with Gasteiger partial charge in [-0.05, 0) is 60.7 Å². The first-order valence-corrected chi connectivity index (χ1v) is 12.2. The molecule has 1 aliphatic carbocycles. The molecule has 3 N–H and O–H groups in total. The van der Waals surface area contributed by atoms with Crippen LogP contribution in [0.15, 0.2) is 78.9 Å². The van der Waals surface area contributed by atoms with Crippen LogP contribution < -0.4 is 15.4 Å². The summed E-state index contributed by atoms with van der Waals surface area (Å²) in [6.45, 7) is 0. The molecular weight excluding hydrogens is 456 g/mol. The molecule has 36 heavy (non-hydrogen) atoms. The zero-order valence-corrected chi connectivity index (χ0v) is 19.7. The minimum absolute atomic E-state index is 0.173. The number of benzene rings is 3. The number of nitrogens with zero attached hydrogens (tertiary/aromatic N) is 1. The number of carbonyl (C=O) groups is 3. The summed E-state index contributed by atoms with van der Waals surface area (Å²) in [6, 6.07) is 23.5. The fourth-order valence-electron chi connectivity index (χ4n) is 5.92. The average molecular weight is 485 g/mol. The number of carbonyl (C=O) groups excluding carboxylic acids is 2. The molecule has 5 rings (SSSR count). The van der Waals surface area contributed by atoms with E-state index in [4.69, 9.17) is 10.5 Å². The Morgan fingerprint density at radius 2 is 1.72 bits per heavy atom. The number of fused-ring (bicyclic) bond motifs is 2. The lowest BCUT2D eigenvalue weighted by atomic mass is 9.66. The van der Waals surface area contributed by atoms with Gasteiger partial charge in [0.05, 0.1) is 0 Å². The molecule has 1 saturated carbocycles. The van der Waals surface area contributed by atoms with Gasteiger partial charge in [-0.25, -0.2) is 0 Å². The van der Waals surface area contributed by atoms with Gasteiger partial charge in [0.2, 0.25) is 0 Å². The van der Waals surface area contributed by atoms with Crippen molar-refractivity contribution >= 4 is 23.9 Å². The fraction of sp³-hybridized carbons (Fsp3) is 0.276. The van der Waals surface area contributed by atoms with E-state index in [0.29, 0.717) is 34.6 Å². The molecule has 7 heteroatoms. The van der Waals surface area contributed by atoms with Crippen molar-refractivity contribution in [1.82, 2.24) is 0 Å². The molecule has 1 aliphatic heterocycles. The fourth-order valence-corrected chi connectivity index (χ4v) is 5.92. The highest BCUT2D eigenvalue weighted by atomic mass is 16.5. The number of anilines is 1. The lowest BCUT2D eigenvalue weighted by Crippen LogP contribution is -2.60. The Labute approximate surface area is 209 Å². The second-order valence-corrected chi connectivity index (χ2v) is 9.53. The molecule has 3 aromatic carbocycles. The Hall–Kier alpha value is -3.97. The third-order valence-electron chi connectivity index (χ3n) is 7.48. The van der Waals surface area contributed by atoms with Crippen molar-refractivity contribution in [2.24, 2.45) is 11.7 Å². The monoisotopic (exact) mass is 484 g/mol. The van der Waals surface area contributed by atoms with Crippen LogP contribution in [0.2, 0.25) is 0 Å². The van der Waals surface area contributed by atoms with E-state index in [0.717, 1.165) is 19.3 Å². The van der Waals surface area contributed by atoms with Gasteiger partial charge in [0.15, 0.2) is 0 Å². The number of carboxylic acid groups (broad SMARTS) is 1. The smallest absolute Gasteiger partial charge is 0.324 e. The molecule has 0 bridgehead atoms. The van der Waals surface area contributed by atoms with Gasteiger partial charge >= 0.3 is 5.97 Å². The van der Waals surface area contributed by atoms with Gasteiger partial charge in [-0.2, -0.15) is 0 Å². The second-order valence-electron chi connectivity index (χ2n) is 9.53. The Morgan fingerprint density at radius 1 is 1.00 bits per heavy atom. The average Bonchev–Trinajstić information content (AvgIpc) is 3.36. The number of hydrogen-bond acceptors (Lipinski definition) is 5. The van der Waals surface area contributed by atoms with E-state index in [1.54, 1.807) is 29.2 Å². The van der Waals surface area contributed by atoms with Crippen LogP contribution in [0.3, 0.4) is 0 Å². The highest BCUT2D eigenvalue weighted by molar-refractivity contribution is 6.08. The Balaban J connectivity index is 1.55. The minimum atomic E-state index is -1.75. The third kappa shape index (κ3) is 4.05. The zero-order valence-electron chi connectivity index (χ0n) is 19.7. The number of ether oxygens (including phenoxy) is 1. The minimum Gasteiger partial charge on any atom is -0.480 e. The van der Waals surface area contributed by atoms with Crippen molar-refractivity contribution in [1.29, 1.82) is 0 Å². The van der Waals surface area contributed by atoms with Gasteiger partial charge in [0, 0.05) is 29.6 Å². The second kappa shape index (κ2) is 9.59. The number of rotatable bonds is 7. The van der Waals surface area contributed by atoms with Crippen LogP contribution in [0, 0.1) is 5.92 Å². The zero-order chi connectivity index (χ0) is 25.3. The Morgan fingerprint density at radius 3 is 2.47 bits per heavy atom. The molecule has 1 heterocycles. The first kappa shape index (κ1) is 23.8. The van der Waals surface area contributed by atoms with Crippen molar-refractivity contribution in [3.8, 4) is 11.5 Å². The molecule has 0 saturated heterocycles. The molecule has 1 fully saturated rings. The topological polar surface area (TPSA) is 110 Å². The number of amides is 1. The summed E-state index contributed by atoms with van der Waals surface area (Å²) < 4.78 is 5.94. The van der Waals surface area contributed by atoms with Crippen LogP contribution in [0.25, 0.3) is 0 Å². The van der Waals surface area contributed by atoms with E-state index < -0.39 is 17.4 Å². The van der Waals surface area contributed by atoms with E-state index >= 15 is 0 Å². The summed E-state index contributed by atoms with van der Waals surface area (Å²) in [5.74, 6) is -0.909. The van der Waals surface area contributed by atoms with Crippen LogP contribution >= 0.6 is 0 Å². The number of aldehydes is 1. The molecule has 184 valence electrons. The predicted molar refractivity (Wildman–Crippen MR) is 135 cm³/mol. The van der Waals surface area contributed by atoms with Crippen LogP contribution in [-0.4, -0.2) is 34.8 Å². The molecule has 0 spiro atoms. The predicted octanol–water partition coefficient (Wildman–Crippen LogP) is 4.76. The van der Waals surface area contributed by atoms with Crippen molar-refractivity contribution in [2.75, 3.05) is 4.90 Å². The third-order valence-corrected chi connectivity index (χ3v) is 7.48. The van der Waals surface area contributed by atoms with Crippen LogP contribution in [-0.2, 0) is 9.59 Å². The molecule has 7 nitrogen and oxygen atoms in total. The SMILES string of the molecule is NC(CC=O)(C(=O)O)C1c2ccccc2N(C(=O)c2cccc(Oc3ccccc3)c2)C2CCCC21. The van der Waals surface area contributed by atoms with Gasteiger partial charge in [-0.15, -0.1) is 0 Å². The van der Waals surface area contributed by atoms with Gasteiger partial charge in [0.25, 0.3) is 5.91 Å². The number of hydrogen-bond donors (Lipinski definition) is 2. The highest BCUT2D eigenvalue weighted by Gasteiger charge is 2.55. The maximum absolute atomic E-state index is 14.0.